The van der Waals surface area contributed by atoms with Crippen LogP contribution in [-0.2, 0) is 6.61 Å². The zero-order valence-electron chi connectivity index (χ0n) is 9.79. The molecule has 7 nitrogen and oxygen atoms in total. The first-order chi connectivity index (χ1) is 9.10. The van der Waals surface area contributed by atoms with E-state index in [0.717, 1.165) is 0 Å². The predicted molar refractivity (Wildman–Crippen MR) is 71.9 cm³/mol. The van der Waals surface area contributed by atoms with E-state index in [2.05, 4.69) is 15.5 Å². The van der Waals surface area contributed by atoms with E-state index in [1.54, 1.807) is 7.05 Å². The molecular formula is C10H9ClN4O3S. The number of benzene rings is 1. The molecule has 0 saturated heterocycles. The minimum absolute atomic E-state index is 0.0763. The lowest BCUT2D eigenvalue weighted by Gasteiger charge is -2.05. The van der Waals surface area contributed by atoms with Gasteiger partial charge in [-0.3, -0.25) is 10.1 Å². The lowest BCUT2D eigenvalue weighted by Crippen LogP contribution is -1.96. The maximum atomic E-state index is 10.7. The van der Waals surface area contributed by atoms with Crippen molar-refractivity contribution in [3.8, 4) is 5.75 Å². The summed E-state index contributed by atoms with van der Waals surface area (Å²) in [5.74, 6) is 0.247. The minimum Gasteiger partial charge on any atom is -0.485 e. The number of hydrogen-bond donors (Lipinski definition) is 1. The zero-order chi connectivity index (χ0) is 13.8. The van der Waals surface area contributed by atoms with Crippen molar-refractivity contribution in [2.75, 3.05) is 12.4 Å². The average Bonchev–Trinajstić information content (AvgIpc) is 2.85. The van der Waals surface area contributed by atoms with Crippen molar-refractivity contribution < 1.29 is 9.66 Å². The lowest BCUT2D eigenvalue weighted by molar-refractivity contribution is -0.384. The van der Waals surface area contributed by atoms with E-state index in [0.29, 0.717) is 15.2 Å². The number of nitro benzene ring substituents is 1. The first kappa shape index (κ1) is 13.5. The van der Waals surface area contributed by atoms with Gasteiger partial charge in [-0.2, -0.15) is 0 Å². The molecule has 100 valence electrons. The van der Waals surface area contributed by atoms with E-state index in [-0.39, 0.29) is 18.0 Å². The Hall–Kier alpha value is -1.93. The Morgan fingerprint density at radius 1 is 1.53 bits per heavy atom. The monoisotopic (exact) mass is 300 g/mol. The van der Waals surface area contributed by atoms with Crippen LogP contribution in [0.3, 0.4) is 0 Å². The molecule has 0 unspecified atom stereocenters. The quantitative estimate of drug-likeness (QED) is 0.674. The second kappa shape index (κ2) is 5.81. The van der Waals surface area contributed by atoms with Crippen molar-refractivity contribution in [1.82, 2.24) is 10.2 Å². The number of nitro groups is 1. The molecule has 1 aromatic heterocycles. The van der Waals surface area contributed by atoms with Gasteiger partial charge in [-0.25, -0.2) is 0 Å². The van der Waals surface area contributed by atoms with E-state index in [4.69, 9.17) is 16.3 Å². The van der Waals surface area contributed by atoms with Crippen molar-refractivity contribution in [2.45, 2.75) is 6.61 Å². The Balaban J connectivity index is 2.10. The predicted octanol–water partition coefficient (Wildman–Crippen LogP) is 2.72. The molecule has 0 aliphatic heterocycles. The summed E-state index contributed by atoms with van der Waals surface area (Å²) < 4.78 is 5.42. The van der Waals surface area contributed by atoms with E-state index >= 15 is 0 Å². The largest absolute Gasteiger partial charge is 0.485 e. The molecule has 0 spiro atoms. The van der Waals surface area contributed by atoms with Crippen molar-refractivity contribution in [2.24, 2.45) is 0 Å². The van der Waals surface area contributed by atoms with Gasteiger partial charge < -0.3 is 10.1 Å². The van der Waals surface area contributed by atoms with Gasteiger partial charge in [0, 0.05) is 13.1 Å². The standard InChI is InChI=1S/C10H9ClN4O3S/c1-12-10-14-13-9(19-10)5-18-8-4-6(15(16)17)2-3-7(8)11/h2-4H,5H2,1H3,(H,12,14). The van der Waals surface area contributed by atoms with E-state index in [9.17, 15) is 10.1 Å². The number of rotatable bonds is 5. The molecule has 9 heteroatoms. The average molecular weight is 301 g/mol. The van der Waals surface area contributed by atoms with Gasteiger partial charge in [0.25, 0.3) is 5.69 Å². The minimum atomic E-state index is -0.507. The van der Waals surface area contributed by atoms with Crippen LogP contribution in [0.25, 0.3) is 0 Å². The molecule has 0 saturated carbocycles. The van der Waals surface area contributed by atoms with Gasteiger partial charge in [-0.05, 0) is 6.07 Å². The second-order valence-electron chi connectivity index (χ2n) is 3.41. The molecule has 0 radical (unpaired) electrons. The summed E-state index contributed by atoms with van der Waals surface area (Å²) in [7, 11) is 1.74. The van der Waals surface area contributed by atoms with Crippen molar-refractivity contribution in [1.29, 1.82) is 0 Å². The fourth-order valence-corrected chi connectivity index (χ4v) is 2.05. The highest BCUT2D eigenvalue weighted by molar-refractivity contribution is 7.15. The van der Waals surface area contributed by atoms with Crippen molar-refractivity contribution >= 4 is 33.8 Å². The number of anilines is 1. The molecule has 1 heterocycles. The molecule has 2 aromatic rings. The molecule has 0 aliphatic rings. The normalized spacial score (nSPS) is 10.2. The number of nitrogens with zero attached hydrogens (tertiary/aromatic N) is 3. The van der Waals surface area contributed by atoms with Crippen LogP contribution in [0.4, 0.5) is 10.8 Å². The summed E-state index contributed by atoms with van der Waals surface area (Å²) in [6.07, 6.45) is 0. The second-order valence-corrected chi connectivity index (χ2v) is 4.88. The number of hydrogen-bond acceptors (Lipinski definition) is 7. The van der Waals surface area contributed by atoms with Crippen LogP contribution in [0.5, 0.6) is 5.75 Å². The van der Waals surface area contributed by atoms with Crippen LogP contribution in [0, 0.1) is 10.1 Å². The number of aromatic nitrogens is 2. The highest BCUT2D eigenvalue weighted by Crippen LogP contribution is 2.29. The maximum Gasteiger partial charge on any atom is 0.273 e. The molecule has 0 atom stereocenters. The molecule has 2 rings (SSSR count). The van der Waals surface area contributed by atoms with E-state index < -0.39 is 4.92 Å². The molecule has 0 amide bonds. The number of non-ortho nitro benzene ring substituents is 1. The van der Waals surface area contributed by atoms with Crippen LogP contribution in [0.2, 0.25) is 5.02 Å². The van der Waals surface area contributed by atoms with Crippen LogP contribution < -0.4 is 10.1 Å². The fraction of sp³-hybridized carbons (Fsp3) is 0.200. The van der Waals surface area contributed by atoms with Gasteiger partial charge in [0.2, 0.25) is 5.13 Å². The third kappa shape index (κ3) is 3.30. The Kier molecular flexibility index (Phi) is 4.13. The van der Waals surface area contributed by atoms with Gasteiger partial charge in [0.15, 0.2) is 5.01 Å². The third-order valence-corrected chi connectivity index (χ3v) is 3.38. The Bertz CT molecular complexity index is 604. The van der Waals surface area contributed by atoms with Crippen LogP contribution in [0.1, 0.15) is 5.01 Å². The molecule has 0 fully saturated rings. The topological polar surface area (TPSA) is 90.2 Å². The zero-order valence-corrected chi connectivity index (χ0v) is 11.4. The van der Waals surface area contributed by atoms with Crippen LogP contribution >= 0.6 is 22.9 Å². The summed E-state index contributed by atoms with van der Waals surface area (Å²) in [5, 5.41) is 22.9. The van der Waals surface area contributed by atoms with Gasteiger partial charge in [0.05, 0.1) is 16.0 Å². The highest BCUT2D eigenvalue weighted by atomic mass is 35.5. The van der Waals surface area contributed by atoms with Crippen molar-refractivity contribution in [3.05, 3.63) is 38.3 Å². The van der Waals surface area contributed by atoms with Gasteiger partial charge in [-0.1, -0.05) is 22.9 Å². The van der Waals surface area contributed by atoms with E-state index in [1.807, 2.05) is 0 Å². The summed E-state index contributed by atoms with van der Waals surface area (Å²) in [6.45, 7) is 0.153. The van der Waals surface area contributed by atoms with E-state index in [1.165, 1.54) is 29.5 Å². The SMILES string of the molecule is CNc1nnc(COc2cc([N+](=O)[O-])ccc2Cl)s1. The molecule has 19 heavy (non-hydrogen) atoms. The number of nitrogens with one attached hydrogen (secondary N) is 1. The van der Waals surface area contributed by atoms with Gasteiger partial charge in [0.1, 0.15) is 12.4 Å². The van der Waals surface area contributed by atoms with Gasteiger partial charge >= 0.3 is 0 Å². The van der Waals surface area contributed by atoms with Crippen LogP contribution in [0.15, 0.2) is 18.2 Å². The maximum absolute atomic E-state index is 10.7. The Morgan fingerprint density at radius 3 is 2.95 bits per heavy atom. The lowest BCUT2D eigenvalue weighted by atomic mass is 10.3. The fourth-order valence-electron chi connectivity index (χ4n) is 1.27. The molecule has 0 aliphatic carbocycles. The van der Waals surface area contributed by atoms with Crippen LogP contribution in [-0.4, -0.2) is 22.2 Å². The smallest absolute Gasteiger partial charge is 0.273 e. The molecule has 1 aromatic carbocycles. The first-order valence-electron chi connectivity index (χ1n) is 5.17. The number of ether oxygens (including phenoxy) is 1. The summed E-state index contributed by atoms with van der Waals surface area (Å²) >= 11 is 7.24. The summed E-state index contributed by atoms with van der Waals surface area (Å²) in [4.78, 5) is 10.2. The molecule has 1 N–H and O–H groups in total. The Labute approximate surface area is 117 Å². The number of halogens is 1. The van der Waals surface area contributed by atoms with Crippen molar-refractivity contribution in [3.63, 3.8) is 0 Å². The Morgan fingerprint density at radius 2 is 2.32 bits per heavy atom. The highest BCUT2D eigenvalue weighted by Gasteiger charge is 2.12. The third-order valence-electron chi connectivity index (χ3n) is 2.16. The van der Waals surface area contributed by atoms with Gasteiger partial charge in [-0.15, -0.1) is 10.2 Å². The summed E-state index contributed by atoms with van der Waals surface area (Å²) in [5.41, 5.74) is -0.0763. The molecular weight excluding hydrogens is 292 g/mol. The summed E-state index contributed by atoms with van der Waals surface area (Å²) in [6, 6.07) is 4.02. The molecule has 0 bridgehead atoms. The first-order valence-corrected chi connectivity index (χ1v) is 6.36.